The number of carbonyl (C=O) groups excluding carboxylic acids is 1. The fourth-order valence-corrected chi connectivity index (χ4v) is 5.55. The summed E-state index contributed by atoms with van der Waals surface area (Å²) in [4.78, 5) is 20.9. The fourth-order valence-electron chi connectivity index (χ4n) is 3.76. The number of pyridine rings is 1. The Morgan fingerprint density at radius 3 is 2.73 bits per heavy atom. The average molecular weight is 434 g/mol. The first kappa shape index (κ1) is 22.6. The van der Waals surface area contributed by atoms with Gasteiger partial charge in [-0.3, -0.25) is 14.7 Å². The zero-order valence-electron chi connectivity index (χ0n) is 18.1. The molecule has 1 amide bonds. The largest absolute Gasteiger partial charge is 0.351 e. The molecule has 1 N–H and O–H groups in total. The van der Waals surface area contributed by atoms with Gasteiger partial charge >= 0.3 is 0 Å². The number of aromatic nitrogens is 1. The number of hydrogen-bond acceptors (Lipinski definition) is 6. The Kier molecular flexibility index (Phi) is 7.07. The van der Waals surface area contributed by atoms with Gasteiger partial charge in [0, 0.05) is 55.4 Å². The molecule has 0 aliphatic carbocycles. The van der Waals surface area contributed by atoms with Gasteiger partial charge in [0.15, 0.2) is 0 Å². The van der Waals surface area contributed by atoms with Crippen molar-refractivity contribution in [3.63, 3.8) is 0 Å². The molecule has 1 saturated heterocycles. The Balaban J connectivity index is 1.66. The van der Waals surface area contributed by atoms with Gasteiger partial charge in [0.1, 0.15) is 0 Å². The molecule has 0 radical (unpaired) electrons. The Labute approximate surface area is 178 Å². The number of fused-ring (bicyclic) bond motifs is 1. The Bertz CT molecular complexity index is 1000. The molecule has 1 aliphatic heterocycles. The maximum atomic E-state index is 13.3. The highest BCUT2D eigenvalue weighted by Crippen LogP contribution is 2.29. The van der Waals surface area contributed by atoms with Crippen LogP contribution in [0.25, 0.3) is 10.8 Å². The van der Waals surface area contributed by atoms with Crippen LogP contribution < -0.4 is 5.32 Å². The third-order valence-electron chi connectivity index (χ3n) is 5.41. The van der Waals surface area contributed by atoms with Crippen molar-refractivity contribution in [1.82, 2.24) is 24.4 Å². The molecule has 1 atom stereocenters. The number of benzene rings is 1. The van der Waals surface area contributed by atoms with Crippen molar-refractivity contribution in [1.29, 1.82) is 0 Å². The number of amides is 1. The van der Waals surface area contributed by atoms with E-state index in [0.29, 0.717) is 29.8 Å². The molecule has 164 valence electrons. The second kappa shape index (κ2) is 9.38. The molecule has 0 bridgehead atoms. The lowest BCUT2D eigenvalue weighted by Crippen LogP contribution is -2.43. The fraction of sp³-hybridized carbons (Fsp3) is 0.524. The van der Waals surface area contributed by atoms with Gasteiger partial charge in [-0.25, -0.2) is 8.42 Å². The van der Waals surface area contributed by atoms with E-state index in [0.717, 1.165) is 24.0 Å². The molecule has 0 spiro atoms. The van der Waals surface area contributed by atoms with Crippen LogP contribution in [-0.2, 0) is 14.8 Å². The van der Waals surface area contributed by atoms with Gasteiger partial charge in [0.2, 0.25) is 15.9 Å². The van der Waals surface area contributed by atoms with Gasteiger partial charge < -0.3 is 10.2 Å². The third-order valence-corrected chi connectivity index (χ3v) is 7.32. The molecule has 1 aliphatic rings. The number of sulfonamides is 1. The molecule has 8 nitrogen and oxygen atoms in total. The average Bonchev–Trinajstić information content (AvgIpc) is 3.15. The molecular formula is C21H31N5O3S. The second-order valence-electron chi connectivity index (χ2n) is 8.27. The summed E-state index contributed by atoms with van der Waals surface area (Å²) in [6, 6.07) is 5.09. The van der Waals surface area contributed by atoms with Crippen LogP contribution >= 0.6 is 0 Å². The molecule has 0 unspecified atom stereocenters. The minimum atomic E-state index is -3.66. The molecule has 3 rings (SSSR count). The normalized spacial score (nSPS) is 17.9. The summed E-state index contributed by atoms with van der Waals surface area (Å²) in [6.07, 6.45) is 3.97. The van der Waals surface area contributed by atoms with E-state index in [1.54, 1.807) is 24.5 Å². The standard InChI is InChI=1S/C21H31N5O3S/c1-16-12-22-13-17-6-5-7-19(21(16)17)30(28,29)26-9-8-18(14-26)23-20(27)15-25(4)11-10-24(2)3/h5-7,12-13,18H,8-11,14-15H2,1-4H3,(H,23,27)/t18-/m1/s1. The van der Waals surface area contributed by atoms with Crippen LogP contribution in [-0.4, -0.2) is 93.3 Å². The number of aryl methyl sites for hydroxylation is 1. The Morgan fingerprint density at radius 1 is 1.23 bits per heavy atom. The summed E-state index contributed by atoms with van der Waals surface area (Å²) in [5.74, 6) is -0.0763. The highest BCUT2D eigenvalue weighted by atomic mass is 32.2. The van der Waals surface area contributed by atoms with Crippen LogP contribution in [0.2, 0.25) is 0 Å². The van der Waals surface area contributed by atoms with Gasteiger partial charge in [-0.05, 0) is 46.1 Å². The molecule has 30 heavy (non-hydrogen) atoms. The van der Waals surface area contributed by atoms with E-state index in [2.05, 4.69) is 15.2 Å². The minimum absolute atomic E-state index is 0.0763. The lowest BCUT2D eigenvalue weighted by Gasteiger charge is -2.21. The zero-order valence-corrected chi connectivity index (χ0v) is 18.9. The van der Waals surface area contributed by atoms with E-state index in [9.17, 15) is 13.2 Å². The topological polar surface area (TPSA) is 85.8 Å². The van der Waals surface area contributed by atoms with Crippen molar-refractivity contribution < 1.29 is 13.2 Å². The van der Waals surface area contributed by atoms with Crippen LogP contribution in [0.5, 0.6) is 0 Å². The maximum Gasteiger partial charge on any atom is 0.243 e. The number of hydrogen-bond donors (Lipinski definition) is 1. The molecule has 2 heterocycles. The van der Waals surface area contributed by atoms with Crippen LogP contribution in [0, 0.1) is 6.92 Å². The van der Waals surface area contributed by atoms with Gasteiger partial charge in [-0.1, -0.05) is 12.1 Å². The van der Waals surface area contributed by atoms with E-state index in [1.165, 1.54) is 4.31 Å². The first-order valence-corrected chi connectivity index (χ1v) is 11.6. The predicted molar refractivity (Wildman–Crippen MR) is 118 cm³/mol. The molecule has 1 aromatic heterocycles. The molecule has 1 fully saturated rings. The van der Waals surface area contributed by atoms with E-state index in [-0.39, 0.29) is 18.5 Å². The molecule has 2 aromatic rings. The highest BCUT2D eigenvalue weighted by Gasteiger charge is 2.34. The first-order valence-electron chi connectivity index (χ1n) is 10.1. The third kappa shape index (κ3) is 5.15. The lowest BCUT2D eigenvalue weighted by molar-refractivity contribution is -0.122. The van der Waals surface area contributed by atoms with E-state index >= 15 is 0 Å². The SMILES string of the molecule is Cc1cncc2cccc(S(=O)(=O)N3CC[C@@H](NC(=O)CN(C)CCN(C)C)C3)c12. The van der Waals surface area contributed by atoms with E-state index in [1.807, 2.05) is 39.0 Å². The maximum absolute atomic E-state index is 13.3. The van der Waals surface area contributed by atoms with Crippen molar-refractivity contribution in [2.45, 2.75) is 24.3 Å². The van der Waals surface area contributed by atoms with Crippen molar-refractivity contribution in [2.75, 3.05) is 53.9 Å². The minimum Gasteiger partial charge on any atom is -0.351 e. The number of nitrogens with zero attached hydrogens (tertiary/aromatic N) is 4. The van der Waals surface area contributed by atoms with Crippen molar-refractivity contribution in [2.24, 2.45) is 0 Å². The first-order chi connectivity index (χ1) is 14.2. The second-order valence-corrected chi connectivity index (χ2v) is 10.2. The van der Waals surface area contributed by atoms with Crippen LogP contribution in [0.4, 0.5) is 0 Å². The number of nitrogens with one attached hydrogen (secondary N) is 1. The Morgan fingerprint density at radius 2 is 2.00 bits per heavy atom. The molecule has 1 aromatic carbocycles. The predicted octanol–water partition coefficient (Wildman–Crippen LogP) is 0.916. The highest BCUT2D eigenvalue weighted by molar-refractivity contribution is 7.89. The van der Waals surface area contributed by atoms with Crippen molar-refractivity contribution in [3.05, 3.63) is 36.2 Å². The van der Waals surface area contributed by atoms with Gasteiger partial charge in [-0.15, -0.1) is 0 Å². The van der Waals surface area contributed by atoms with E-state index in [4.69, 9.17) is 0 Å². The summed E-state index contributed by atoms with van der Waals surface area (Å²) in [5, 5.41) is 4.51. The molecule has 0 saturated carbocycles. The number of carbonyl (C=O) groups is 1. The lowest BCUT2D eigenvalue weighted by atomic mass is 10.1. The van der Waals surface area contributed by atoms with Crippen molar-refractivity contribution in [3.8, 4) is 0 Å². The number of rotatable bonds is 8. The van der Waals surface area contributed by atoms with Crippen molar-refractivity contribution >= 4 is 26.7 Å². The van der Waals surface area contributed by atoms with Gasteiger partial charge in [-0.2, -0.15) is 4.31 Å². The zero-order chi connectivity index (χ0) is 21.9. The number of likely N-dealkylation sites (N-methyl/N-ethyl adjacent to an activating group) is 2. The Hall–Kier alpha value is -2.07. The molecular weight excluding hydrogens is 402 g/mol. The monoisotopic (exact) mass is 433 g/mol. The summed E-state index contributed by atoms with van der Waals surface area (Å²) < 4.78 is 28.2. The quantitative estimate of drug-likeness (QED) is 0.666. The smallest absolute Gasteiger partial charge is 0.243 e. The van der Waals surface area contributed by atoms with Crippen LogP contribution in [0.15, 0.2) is 35.5 Å². The van der Waals surface area contributed by atoms with Crippen LogP contribution in [0.1, 0.15) is 12.0 Å². The summed E-state index contributed by atoms with van der Waals surface area (Å²) >= 11 is 0. The summed E-state index contributed by atoms with van der Waals surface area (Å²) in [7, 11) is 2.24. The van der Waals surface area contributed by atoms with E-state index < -0.39 is 10.0 Å². The van der Waals surface area contributed by atoms with Crippen LogP contribution in [0.3, 0.4) is 0 Å². The van der Waals surface area contributed by atoms with Gasteiger partial charge in [0.25, 0.3) is 0 Å². The summed E-state index contributed by atoms with van der Waals surface area (Å²) in [5.41, 5.74) is 0.830. The van der Waals surface area contributed by atoms with Gasteiger partial charge in [0.05, 0.1) is 11.4 Å². The molecule has 9 heteroatoms. The summed E-state index contributed by atoms with van der Waals surface area (Å²) in [6.45, 7) is 4.52.